The van der Waals surface area contributed by atoms with Gasteiger partial charge in [0.1, 0.15) is 23.3 Å². The Hall–Kier alpha value is -2.49. The standard InChI is InChI=1S/C24H29F2N3O4/c1-4-19(22(32)27-13(11-30)12-31)33-24-9-8-15(23(24,2)3)14-10-18(28-29-21(14)24)20-16(25)6-5-7-17(20)26/h5-7,10,13,15,19,30-31H,4,8-9,11-12H2,1-3H3,(H,27,32)/t15-,19?,24-/m0/s1. The zero-order valence-electron chi connectivity index (χ0n) is 18.9. The molecule has 3 N–H and O–H groups in total. The third-order valence-electron chi connectivity index (χ3n) is 7.29. The molecule has 1 amide bonds. The molecule has 33 heavy (non-hydrogen) atoms. The fourth-order valence-corrected chi connectivity index (χ4v) is 5.41. The largest absolute Gasteiger partial charge is 0.394 e. The molecule has 4 rings (SSSR count). The van der Waals surface area contributed by atoms with Crippen molar-refractivity contribution in [2.24, 2.45) is 5.41 Å². The number of aliphatic hydroxyl groups is 2. The van der Waals surface area contributed by atoms with Gasteiger partial charge in [-0.3, -0.25) is 4.79 Å². The summed E-state index contributed by atoms with van der Waals surface area (Å²) in [5.74, 6) is -1.81. The van der Waals surface area contributed by atoms with E-state index in [0.29, 0.717) is 18.5 Å². The van der Waals surface area contributed by atoms with Gasteiger partial charge in [0, 0.05) is 5.41 Å². The zero-order valence-corrected chi connectivity index (χ0v) is 18.9. The first kappa shape index (κ1) is 23.7. The summed E-state index contributed by atoms with van der Waals surface area (Å²) in [4.78, 5) is 12.8. The first-order valence-corrected chi connectivity index (χ1v) is 11.2. The lowest BCUT2D eigenvalue weighted by Crippen LogP contribution is -2.50. The van der Waals surface area contributed by atoms with Crippen LogP contribution in [0.5, 0.6) is 0 Å². The number of hydrogen-bond donors (Lipinski definition) is 3. The highest BCUT2D eigenvalue weighted by molar-refractivity contribution is 5.81. The molecule has 1 aromatic carbocycles. The summed E-state index contributed by atoms with van der Waals surface area (Å²) in [6, 6.07) is 4.59. The van der Waals surface area contributed by atoms with E-state index in [2.05, 4.69) is 15.5 Å². The fraction of sp³-hybridized carbons (Fsp3) is 0.542. The van der Waals surface area contributed by atoms with Crippen LogP contribution in [0.3, 0.4) is 0 Å². The number of aliphatic hydroxyl groups excluding tert-OH is 2. The minimum Gasteiger partial charge on any atom is -0.394 e. The molecule has 3 atom stereocenters. The maximum absolute atomic E-state index is 14.4. The van der Waals surface area contributed by atoms with E-state index < -0.39 is 40.7 Å². The molecule has 7 nitrogen and oxygen atoms in total. The Kier molecular flexibility index (Phi) is 6.24. The van der Waals surface area contributed by atoms with Crippen LogP contribution >= 0.6 is 0 Å². The molecule has 1 aromatic heterocycles. The monoisotopic (exact) mass is 461 g/mol. The van der Waals surface area contributed by atoms with E-state index in [9.17, 15) is 23.8 Å². The second kappa shape index (κ2) is 8.70. The summed E-state index contributed by atoms with van der Waals surface area (Å²) in [6.45, 7) is 5.14. The Balaban J connectivity index is 1.71. The summed E-state index contributed by atoms with van der Waals surface area (Å²) < 4.78 is 35.2. The van der Waals surface area contributed by atoms with Crippen molar-refractivity contribution in [2.75, 3.05) is 13.2 Å². The number of fused-ring (bicyclic) bond motifs is 5. The summed E-state index contributed by atoms with van der Waals surface area (Å²) in [6.07, 6.45) is 0.949. The number of rotatable bonds is 8. The van der Waals surface area contributed by atoms with Gasteiger partial charge in [0.2, 0.25) is 5.91 Å². The number of aromatic nitrogens is 2. The van der Waals surface area contributed by atoms with Gasteiger partial charge in [-0.1, -0.05) is 26.8 Å². The van der Waals surface area contributed by atoms with Crippen molar-refractivity contribution in [1.82, 2.24) is 15.5 Å². The molecule has 0 saturated heterocycles. The lowest BCUT2D eigenvalue weighted by molar-refractivity contribution is -0.169. The number of hydrogen-bond acceptors (Lipinski definition) is 6. The molecule has 178 valence electrons. The molecule has 2 aliphatic rings. The van der Waals surface area contributed by atoms with E-state index in [4.69, 9.17) is 4.74 Å². The van der Waals surface area contributed by atoms with Gasteiger partial charge in [0.05, 0.1) is 36.2 Å². The number of carbonyl (C=O) groups excluding carboxylic acids is 1. The zero-order chi connectivity index (χ0) is 24.0. The highest BCUT2D eigenvalue weighted by Crippen LogP contribution is 2.68. The van der Waals surface area contributed by atoms with Crippen molar-refractivity contribution in [3.63, 3.8) is 0 Å². The van der Waals surface area contributed by atoms with Crippen molar-refractivity contribution in [3.05, 3.63) is 47.2 Å². The molecular formula is C24H29F2N3O4. The number of benzene rings is 1. The molecule has 2 bridgehead atoms. The van der Waals surface area contributed by atoms with E-state index >= 15 is 0 Å². The van der Waals surface area contributed by atoms with E-state index in [1.54, 1.807) is 6.07 Å². The number of amides is 1. The van der Waals surface area contributed by atoms with Crippen LogP contribution in [0.1, 0.15) is 57.2 Å². The van der Waals surface area contributed by atoms with Crippen molar-refractivity contribution in [1.29, 1.82) is 0 Å². The van der Waals surface area contributed by atoms with Crippen LogP contribution in [0.2, 0.25) is 0 Å². The number of ether oxygens (including phenoxy) is 1. The van der Waals surface area contributed by atoms with Crippen LogP contribution in [0.4, 0.5) is 8.78 Å². The maximum atomic E-state index is 14.4. The molecule has 1 saturated carbocycles. The minimum absolute atomic E-state index is 0.0276. The Morgan fingerprint density at radius 2 is 1.91 bits per heavy atom. The fourth-order valence-electron chi connectivity index (χ4n) is 5.41. The second-order valence-corrected chi connectivity index (χ2v) is 9.36. The van der Waals surface area contributed by atoms with Gasteiger partial charge in [-0.15, -0.1) is 5.10 Å². The van der Waals surface area contributed by atoms with Gasteiger partial charge in [-0.2, -0.15) is 5.10 Å². The Labute approximate surface area is 191 Å². The summed E-state index contributed by atoms with van der Waals surface area (Å²) in [7, 11) is 0. The van der Waals surface area contributed by atoms with Gasteiger partial charge in [-0.05, 0) is 48.9 Å². The number of nitrogens with one attached hydrogen (secondary N) is 1. The van der Waals surface area contributed by atoms with E-state index in [-0.39, 0.29) is 30.4 Å². The average molecular weight is 462 g/mol. The molecule has 9 heteroatoms. The SMILES string of the molecule is CCC(O[C@@]12CC[C@@H](c3cc(-c4c(F)cccc4F)nnc31)C2(C)C)C(=O)NC(CO)CO. The average Bonchev–Trinajstić information content (AvgIpc) is 3.15. The molecule has 0 spiro atoms. The van der Waals surface area contributed by atoms with Crippen molar-refractivity contribution < 1.29 is 28.5 Å². The second-order valence-electron chi connectivity index (χ2n) is 9.36. The van der Waals surface area contributed by atoms with Gasteiger partial charge < -0.3 is 20.3 Å². The van der Waals surface area contributed by atoms with Crippen LogP contribution in [0.25, 0.3) is 11.3 Å². The third-order valence-corrected chi connectivity index (χ3v) is 7.29. The Bertz CT molecular complexity index is 1040. The molecule has 2 aromatic rings. The molecule has 0 radical (unpaired) electrons. The maximum Gasteiger partial charge on any atom is 0.249 e. The molecular weight excluding hydrogens is 432 g/mol. The van der Waals surface area contributed by atoms with Crippen molar-refractivity contribution >= 4 is 5.91 Å². The normalized spacial score (nSPS) is 23.6. The lowest BCUT2D eigenvalue weighted by atomic mass is 9.77. The first-order valence-electron chi connectivity index (χ1n) is 11.2. The smallest absolute Gasteiger partial charge is 0.249 e. The Morgan fingerprint density at radius 3 is 2.52 bits per heavy atom. The highest BCUT2D eigenvalue weighted by Gasteiger charge is 2.65. The van der Waals surface area contributed by atoms with Crippen LogP contribution in [-0.4, -0.2) is 51.7 Å². The highest BCUT2D eigenvalue weighted by atomic mass is 19.1. The third kappa shape index (κ3) is 3.62. The molecule has 2 aliphatic carbocycles. The van der Waals surface area contributed by atoms with Gasteiger partial charge >= 0.3 is 0 Å². The minimum atomic E-state index is -0.891. The van der Waals surface area contributed by atoms with Crippen LogP contribution in [0, 0.1) is 17.0 Å². The van der Waals surface area contributed by atoms with Crippen LogP contribution < -0.4 is 5.32 Å². The number of halogens is 2. The predicted octanol–water partition coefficient (Wildman–Crippen LogP) is 2.80. The van der Waals surface area contributed by atoms with Crippen LogP contribution in [0.15, 0.2) is 24.3 Å². The molecule has 1 heterocycles. The van der Waals surface area contributed by atoms with Gasteiger partial charge in [0.15, 0.2) is 0 Å². The van der Waals surface area contributed by atoms with Crippen molar-refractivity contribution in [3.8, 4) is 11.3 Å². The lowest BCUT2D eigenvalue weighted by Gasteiger charge is -2.40. The summed E-state index contributed by atoms with van der Waals surface area (Å²) >= 11 is 0. The molecule has 1 fully saturated rings. The number of nitrogens with zero attached hydrogens (tertiary/aromatic N) is 2. The van der Waals surface area contributed by atoms with E-state index in [1.807, 2.05) is 20.8 Å². The van der Waals surface area contributed by atoms with E-state index in [0.717, 1.165) is 12.0 Å². The van der Waals surface area contributed by atoms with Crippen molar-refractivity contribution in [2.45, 2.75) is 63.7 Å². The van der Waals surface area contributed by atoms with Gasteiger partial charge in [-0.25, -0.2) is 8.78 Å². The Morgan fingerprint density at radius 1 is 1.24 bits per heavy atom. The molecule has 0 aliphatic heterocycles. The number of carbonyl (C=O) groups is 1. The summed E-state index contributed by atoms with van der Waals surface area (Å²) in [5.41, 5.74) is 0.0131. The van der Waals surface area contributed by atoms with E-state index in [1.165, 1.54) is 18.2 Å². The van der Waals surface area contributed by atoms with Crippen LogP contribution in [-0.2, 0) is 15.1 Å². The topological polar surface area (TPSA) is 105 Å². The molecule has 1 unspecified atom stereocenters. The van der Waals surface area contributed by atoms with Gasteiger partial charge in [0.25, 0.3) is 0 Å². The predicted molar refractivity (Wildman–Crippen MR) is 116 cm³/mol. The first-order chi connectivity index (χ1) is 15.7. The quantitative estimate of drug-likeness (QED) is 0.559. The summed E-state index contributed by atoms with van der Waals surface area (Å²) in [5, 5.41) is 29.7.